The van der Waals surface area contributed by atoms with Gasteiger partial charge in [-0.25, -0.2) is 36.5 Å². The van der Waals surface area contributed by atoms with E-state index >= 15 is 4.39 Å². The summed E-state index contributed by atoms with van der Waals surface area (Å²) in [5.41, 5.74) is -3.64. The van der Waals surface area contributed by atoms with E-state index in [1.54, 1.807) is 20.8 Å². The zero-order valence-electron chi connectivity index (χ0n) is 23.5. The Balaban J connectivity index is 1.86. The molecule has 2 aromatic rings. The number of alkyl carbamates (subject to hydrolysis) is 1. The predicted molar refractivity (Wildman–Crippen MR) is 153 cm³/mol. The van der Waals surface area contributed by atoms with E-state index in [9.17, 15) is 22.6 Å². The van der Waals surface area contributed by atoms with Gasteiger partial charge in [-0.1, -0.05) is 23.2 Å². The van der Waals surface area contributed by atoms with Gasteiger partial charge in [0.2, 0.25) is 0 Å². The second-order valence-corrected chi connectivity index (χ2v) is 15.4. The summed E-state index contributed by atoms with van der Waals surface area (Å²) in [5, 5.41) is 3.52. The smallest absolute Gasteiger partial charge is 0.413 e. The molecule has 0 saturated heterocycles. The Hall–Kier alpha value is -2.97. The van der Waals surface area contributed by atoms with Crippen LogP contribution in [0.25, 0.3) is 0 Å². The summed E-state index contributed by atoms with van der Waals surface area (Å²) >= 11 is 11.9. The molecule has 2 aliphatic heterocycles. The van der Waals surface area contributed by atoms with E-state index in [-0.39, 0.29) is 27.4 Å². The van der Waals surface area contributed by atoms with Crippen LogP contribution >= 0.6 is 23.2 Å². The highest BCUT2D eigenvalue weighted by Gasteiger charge is 2.61. The molecule has 16 heteroatoms. The lowest BCUT2D eigenvalue weighted by Crippen LogP contribution is -2.64. The molecule has 4 heterocycles. The van der Waals surface area contributed by atoms with Crippen molar-refractivity contribution < 1.29 is 31.7 Å². The van der Waals surface area contributed by atoms with Gasteiger partial charge in [-0.15, -0.1) is 0 Å². The van der Waals surface area contributed by atoms with Crippen LogP contribution in [0.5, 0.6) is 0 Å². The molecule has 0 unspecified atom stereocenters. The molecule has 0 radical (unpaired) electrons. The number of ether oxygens (including phenoxy) is 1. The van der Waals surface area contributed by atoms with Crippen molar-refractivity contribution in [2.75, 3.05) is 11.9 Å². The number of carbonyl (C=O) groups excluding carboxylic acids is 2. The molecule has 3 atom stereocenters. The first-order chi connectivity index (χ1) is 19.2. The van der Waals surface area contributed by atoms with Crippen LogP contribution in [-0.2, 0) is 20.0 Å². The minimum absolute atomic E-state index is 0.0583. The third-order valence-electron chi connectivity index (χ3n) is 6.84. The molecule has 42 heavy (non-hydrogen) atoms. The van der Waals surface area contributed by atoms with Crippen LogP contribution in [0, 0.1) is 5.82 Å². The molecule has 0 fully saturated rings. The molecule has 2 aliphatic rings. The van der Waals surface area contributed by atoms with Gasteiger partial charge in [0.1, 0.15) is 51.3 Å². The average Bonchev–Trinajstić information content (AvgIpc) is 2.84. The van der Waals surface area contributed by atoms with E-state index in [0.29, 0.717) is 0 Å². The molecule has 0 bridgehead atoms. The third kappa shape index (κ3) is 5.93. The van der Waals surface area contributed by atoms with Gasteiger partial charge in [0.05, 0.1) is 25.0 Å². The van der Waals surface area contributed by atoms with E-state index in [2.05, 4.69) is 30.0 Å². The molecule has 2 N–H and O–H groups in total. The second-order valence-electron chi connectivity index (χ2n) is 11.6. The highest BCUT2D eigenvalue weighted by Crippen LogP contribution is 2.50. The zero-order valence-corrected chi connectivity index (χ0v) is 25.8. The number of anilines is 1. The fraction of sp³-hybridized carbons (Fsp3) is 0.500. The Morgan fingerprint density at radius 2 is 1.81 bits per heavy atom. The number of amides is 2. The van der Waals surface area contributed by atoms with E-state index in [1.165, 1.54) is 33.0 Å². The number of rotatable bonds is 3. The van der Waals surface area contributed by atoms with Gasteiger partial charge in [0.25, 0.3) is 11.8 Å². The lowest BCUT2D eigenvalue weighted by Gasteiger charge is -2.49. The summed E-state index contributed by atoms with van der Waals surface area (Å²) in [6.45, 7) is 8.06. The van der Waals surface area contributed by atoms with Gasteiger partial charge in [0, 0.05) is 12.6 Å². The molecular weight excluding hydrogens is 620 g/mol. The Kier molecular flexibility index (Phi) is 8.09. The van der Waals surface area contributed by atoms with Crippen LogP contribution in [0.4, 0.5) is 23.8 Å². The number of aliphatic imine (C=N–C) groups is 1. The van der Waals surface area contributed by atoms with E-state index in [4.69, 9.17) is 27.9 Å². The highest BCUT2D eigenvalue weighted by molar-refractivity contribution is 7.96. The van der Waals surface area contributed by atoms with Gasteiger partial charge in [0.15, 0.2) is 0 Å². The Morgan fingerprint density at radius 3 is 2.43 bits per heavy atom. The highest BCUT2D eigenvalue weighted by atomic mass is 35.5. The topological polar surface area (TPSA) is 135 Å². The van der Waals surface area contributed by atoms with Crippen molar-refractivity contribution in [3.8, 4) is 0 Å². The number of alkyl halides is 2. The van der Waals surface area contributed by atoms with Gasteiger partial charge >= 0.3 is 6.09 Å². The number of halogens is 5. The number of pyridine rings is 2. The fourth-order valence-corrected chi connectivity index (χ4v) is 8.43. The Morgan fingerprint density at radius 1 is 1.14 bits per heavy atom. The SMILES string of the molecule is CC(C)(C)OC(=O)NC1=N[C@](C)(c2nc(NC(=O)c3ncc(Cl)cc3Cl)ccc2F)[C@H]2CC(F)(F)CN=[S@]2(=O)C1(C)C. The number of carbonyl (C=O) groups is 2. The van der Waals surface area contributed by atoms with Gasteiger partial charge in [-0.3, -0.25) is 15.1 Å². The molecule has 0 spiro atoms. The van der Waals surface area contributed by atoms with Gasteiger partial charge in [-0.05, 0) is 59.7 Å². The van der Waals surface area contributed by atoms with Crippen LogP contribution in [0.3, 0.4) is 0 Å². The van der Waals surface area contributed by atoms with Crippen molar-refractivity contribution in [2.45, 2.75) is 75.0 Å². The lowest BCUT2D eigenvalue weighted by atomic mass is 9.88. The number of aromatic nitrogens is 2. The summed E-state index contributed by atoms with van der Waals surface area (Å²) < 4.78 is 67.4. The number of amidine groups is 1. The number of hydrogen-bond donors (Lipinski definition) is 2. The minimum atomic E-state index is -3.67. The quantitative estimate of drug-likeness (QED) is 0.420. The number of hydrogen-bond acceptors (Lipinski definition) is 8. The average molecular weight is 650 g/mol. The molecule has 0 saturated carbocycles. The molecule has 0 aliphatic carbocycles. The van der Waals surface area contributed by atoms with Crippen molar-refractivity contribution >= 4 is 56.6 Å². The van der Waals surface area contributed by atoms with E-state index in [0.717, 1.165) is 12.1 Å². The van der Waals surface area contributed by atoms with Crippen molar-refractivity contribution in [2.24, 2.45) is 9.36 Å². The molecule has 4 rings (SSSR count). The number of fused-ring (bicyclic) bond motifs is 1. The molecular formula is C26H29Cl2F3N6O4S. The zero-order chi connectivity index (χ0) is 31.5. The molecule has 228 valence electrons. The number of nitrogens with one attached hydrogen (secondary N) is 2. The lowest BCUT2D eigenvalue weighted by molar-refractivity contribution is -0.00694. The standard InChI is InChI=1S/C26H29Cl2F3N6O4S/c1-23(2,3)41-22(39)36-21-24(4,5)42(40)16(10-26(30,31)12-33-42)25(6,37-21)19-15(29)7-8-17(34-19)35-20(38)18-14(28)9-13(27)11-32-18/h7-9,11,16H,10,12H2,1-6H3,(H,34,35,38)(H,36,37,39)/t16-,25+,42-/m1/s1. The first-order valence-electron chi connectivity index (χ1n) is 12.7. The number of nitrogens with zero attached hydrogens (tertiary/aromatic N) is 4. The van der Waals surface area contributed by atoms with E-state index < -0.39 is 73.3 Å². The summed E-state index contributed by atoms with van der Waals surface area (Å²) in [6.07, 6.45) is -0.685. The van der Waals surface area contributed by atoms with Crippen molar-refractivity contribution in [1.29, 1.82) is 0 Å². The van der Waals surface area contributed by atoms with Crippen LogP contribution in [0.15, 0.2) is 33.8 Å². The largest absolute Gasteiger partial charge is 0.444 e. The predicted octanol–water partition coefficient (Wildman–Crippen LogP) is 5.98. The molecule has 10 nitrogen and oxygen atoms in total. The summed E-state index contributed by atoms with van der Waals surface area (Å²) in [7, 11) is -3.67. The molecule has 0 aromatic carbocycles. The maximum atomic E-state index is 15.5. The fourth-order valence-electron chi connectivity index (χ4n) is 4.74. The summed E-state index contributed by atoms with van der Waals surface area (Å²) in [5.74, 6) is -5.56. The normalized spacial score (nSPS) is 26.3. The Bertz CT molecular complexity index is 1620. The van der Waals surface area contributed by atoms with Crippen LogP contribution in [0.2, 0.25) is 10.0 Å². The monoisotopic (exact) mass is 648 g/mol. The van der Waals surface area contributed by atoms with Crippen molar-refractivity contribution in [3.05, 3.63) is 51.6 Å². The Labute approximate surface area is 251 Å². The maximum absolute atomic E-state index is 15.5. The van der Waals surface area contributed by atoms with E-state index in [1.807, 2.05) is 0 Å². The first kappa shape index (κ1) is 32.0. The summed E-state index contributed by atoms with van der Waals surface area (Å²) in [4.78, 5) is 38.2. The van der Waals surface area contributed by atoms with Crippen LogP contribution in [-0.4, -0.2) is 60.1 Å². The molecule has 2 aromatic heterocycles. The van der Waals surface area contributed by atoms with Gasteiger partial charge in [-0.2, -0.15) is 0 Å². The van der Waals surface area contributed by atoms with Crippen LogP contribution < -0.4 is 10.6 Å². The molecule has 2 amide bonds. The first-order valence-corrected chi connectivity index (χ1v) is 15.0. The summed E-state index contributed by atoms with van der Waals surface area (Å²) in [6, 6.07) is 3.39. The minimum Gasteiger partial charge on any atom is -0.444 e. The third-order valence-corrected chi connectivity index (χ3v) is 10.9. The van der Waals surface area contributed by atoms with Crippen LogP contribution in [0.1, 0.15) is 64.1 Å². The second kappa shape index (κ2) is 10.6. The van der Waals surface area contributed by atoms with Crippen molar-refractivity contribution in [3.63, 3.8) is 0 Å². The van der Waals surface area contributed by atoms with Gasteiger partial charge < -0.3 is 10.1 Å². The maximum Gasteiger partial charge on any atom is 0.413 e. The van der Waals surface area contributed by atoms with Crippen molar-refractivity contribution in [1.82, 2.24) is 15.3 Å².